The lowest BCUT2D eigenvalue weighted by Crippen LogP contribution is -2.43. The van der Waals surface area contributed by atoms with Gasteiger partial charge in [0.05, 0.1) is 12.0 Å². The van der Waals surface area contributed by atoms with Crippen molar-refractivity contribution in [2.24, 2.45) is 0 Å². The minimum atomic E-state index is -4.45. The summed E-state index contributed by atoms with van der Waals surface area (Å²) in [5, 5.41) is 13.9. The van der Waals surface area contributed by atoms with Gasteiger partial charge in [-0.25, -0.2) is 4.79 Å². The molecule has 3 aromatic carbocycles. The third-order valence-electron chi connectivity index (χ3n) is 4.53. The highest BCUT2D eigenvalue weighted by atomic mass is 19.4. The Balaban J connectivity index is 1.66. The molecule has 150 valence electrons. The number of hydrogen-bond acceptors (Lipinski definition) is 2. The number of rotatable bonds is 6. The fraction of sp³-hybridized carbons (Fsp3) is 0.182. The summed E-state index contributed by atoms with van der Waals surface area (Å²) in [6.07, 6.45) is -4.56. The molecule has 3 rings (SSSR count). The van der Waals surface area contributed by atoms with E-state index in [4.69, 9.17) is 0 Å². The first-order chi connectivity index (χ1) is 13.7. The predicted octanol–water partition coefficient (Wildman–Crippen LogP) is 4.21. The van der Waals surface area contributed by atoms with E-state index in [1.807, 2.05) is 36.4 Å². The number of carbonyl (C=O) groups is 2. The van der Waals surface area contributed by atoms with Crippen molar-refractivity contribution in [3.8, 4) is 0 Å². The first kappa shape index (κ1) is 20.4. The second-order valence-electron chi connectivity index (χ2n) is 6.72. The monoisotopic (exact) mass is 401 g/mol. The van der Waals surface area contributed by atoms with Crippen LogP contribution in [-0.2, 0) is 28.6 Å². The summed E-state index contributed by atoms with van der Waals surface area (Å²) in [7, 11) is 0. The Hall–Kier alpha value is -3.35. The molecule has 0 aliphatic rings. The van der Waals surface area contributed by atoms with Crippen LogP contribution in [-0.4, -0.2) is 23.0 Å². The summed E-state index contributed by atoms with van der Waals surface area (Å²) in [6.45, 7) is 0. The molecule has 2 N–H and O–H groups in total. The van der Waals surface area contributed by atoms with Gasteiger partial charge in [-0.2, -0.15) is 13.2 Å². The molecule has 1 amide bonds. The molecule has 0 aromatic heterocycles. The summed E-state index contributed by atoms with van der Waals surface area (Å²) >= 11 is 0. The van der Waals surface area contributed by atoms with Gasteiger partial charge < -0.3 is 10.4 Å². The molecule has 29 heavy (non-hydrogen) atoms. The SMILES string of the molecule is O=C(Cc1ccc(C(F)(F)F)cc1)N[C@@H](Cc1ccc2ccccc2c1)C(=O)O. The fourth-order valence-corrected chi connectivity index (χ4v) is 3.04. The van der Waals surface area contributed by atoms with Gasteiger partial charge in [0.1, 0.15) is 6.04 Å². The number of carbonyl (C=O) groups excluding carboxylic acids is 1. The first-order valence-electron chi connectivity index (χ1n) is 8.88. The molecule has 0 aliphatic carbocycles. The van der Waals surface area contributed by atoms with E-state index in [0.717, 1.165) is 28.5 Å². The quantitative estimate of drug-likeness (QED) is 0.650. The Kier molecular flexibility index (Phi) is 5.87. The molecule has 1 atom stereocenters. The molecule has 0 unspecified atom stereocenters. The number of halogens is 3. The van der Waals surface area contributed by atoms with Crippen LogP contribution in [0.5, 0.6) is 0 Å². The number of amides is 1. The number of alkyl halides is 3. The Morgan fingerprint density at radius 2 is 1.52 bits per heavy atom. The number of aliphatic carboxylic acids is 1. The molecular formula is C22H18F3NO3. The van der Waals surface area contributed by atoms with Gasteiger partial charge in [0.25, 0.3) is 0 Å². The van der Waals surface area contributed by atoms with E-state index < -0.39 is 29.7 Å². The minimum absolute atomic E-state index is 0.0961. The highest BCUT2D eigenvalue weighted by molar-refractivity contribution is 5.86. The van der Waals surface area contributed by atoms with E-state index in [2.05, 4.69) is 5.32 Å². The second-order valence-corrected chi connectivity index (χ2v) is 6.72. The lowest BCUT2D eigenvalue weighted by atomic mass is 10.0. The largest absolute Gasteiger partial charge is 0.480 e. The summed E-state index contributed by atoms with van der Waals surface area (Å²) in [6, 6.07) is 16.3. The molecule has 0 spiro atoms. The smallest absolute Gasteiger partial charge is 0.416 e. The summed E-state index contributed by atoms with van der Waals surface area (Å²) in [5.41, 5.74) is 0.317. The van der Waals surface area contributed by atoms with Gasteiger partial charge in [-0.3, -0.25) is 4.79 Å². The van der Waals surface area contributed by atoms with Crippen LogP contribution in [0.3, 0.4) is 0 Å². The number of hydrogen-bond donors (Lipinski definition) is 2. The van der Waals surface area contributed by atoms with Crippen LogP contribution in [0.25, 0.3) is 10.8 Å². The van der Waals surface area contributed by atoms with E-state index in [0.29, 0.717) is 5.56 Å². The third kappa shape index (κ3) is 5.34. The normalized spacial score (nSPS) is 12.5. The summed E-state index contributed by atoms with van der Waals surface area (Å²) in [4.78, 5) is 23.8. The van der Waals surface area contributed by atoms with Crippen molar-refractivity contribution >= 4 is 22.6 Å². The Bertz CT molecular complexity index is 1030. The lowest BCUT2D eigenvalue weighted by molar-refractivity contribution is -0.141. The predicted molar refractivity (Wildman–Crippen MR) is 102 cm³/mol. The topological polar surface area (TPSA) is 66.4 Å². The van der Waals surface area contributed by atoms with E-state index in [1.165, 1.54) is 12.1 Å². The maximum absolute atomic E-state index is 12.6. The van der Waals surface area contributed by atoms with Crippen LogP contribution >= 0.6 is 0 Å². The Morgan fingerprint density at radius 3 is 2.14 bits per heavy atom. The van der Waals surface area contributed by atoms with Crippen LogP contribution in [0.2, 0.25) is 0 Å². The molecule has 0 saturated carbocycles. The molecule has 0 radical (unpaired) electrons. The van der Waals surface area contributed by atoms with Crippen LogP contribution in [0.1, 0.15) is 16.7 Å². The first-order valence-corrected chi connectivity index (χ1v) is 8.88. The molecule has 0 bridgehead atoms. The Morgan fingerprint density at radius 1 is 0.897 bits per heavy atom. The molecule has 7 heteroatoms. The average Bonchev–Trinajstić information content (AvgIpc) is 2.67. The van der Waals surface area contributed by atoms with Crippen molar-refractivity contribution in [1.29, 1.82) is 0 Å². The average molecular weight is 401 g/mol. The standard InChI is InChI=1S/C22H18F3NO3/c23-22(24,25)18-9-6-14(7-10-18)13-20(27)26-19(21(28)29)12-15-5-8-16-3-1-2-4-17(16)11-15/h1-11,19H,12-13H2,(H,26,27)(H,28,29)/t19-/m0/s1. The van der Waals surface area contributed by atoms with Crippen molar-refractivity contribution in [1.82, 2.24) is 5.32 Å². The van der Waals surface area contributed by atoms with Crippen molar-refractivity contribution in [3.05, 3.63) is 83.4 Å². The molecule has 0 heterocycles. The van der Waals surface area contributed by atoms with Crippen molar-refractivity contribution in [2.45, 2.75) is 25.1 Å². The van der Waals surface area contributed by atoms with Gasteiger partial charge in [-0.1, -0.05) is 54.6 Å². The lowest BCUT2D eigenvalue weighted by Gasteiger charge is -2.15. The van der Waals surface area contributed by atoms with Gasteiger partial charge in [0.15, 0.2) is 0 Å². The molecule has 0 aliphatic heterocycles. The van der Waals surface area contributed by atoms with E-state index in [-0.39, 0.29) is 12.8 Å². The molecular weight excluding hydrogens is 383 g/mol. The summed E-state index contributed by atoms with van der Waals surface area (Å²) in [5.74, 6) is -1.75. The van der Waals surface area contributed by atoms with Crippen LogP contribution in [0, 0.1) is 0 Å². The van der Waals surface area contributed by atoms with E-state index >= 15 is 0 Å². The minimum Gasteiger partial charge on any atom is -0.480 e. The molecule has 0 saturated heterocycles. The van der Waals surface area contributed by atoms with Crippen molar-refractivity contribution in [3.63, 3.8) is 0 Å². The highest BCUT2D eigenvalue weighted by Crippen LogP contribution is 2.29. The zero-order valence-electron chi connectivity index (χ0n) is 15.2. The second kappa shape index (κ2) is 8.34. The number of benzene rings is 3. The van der Waals surface area contributed by atoms with Crippen LogP contribution in [0.4, 0.5) is 13.2 Å². The van der Waals surface area contributed by atoms with Crippen LogP contribution in [0.15, 0.2) is 66.7 Å². The molecule has 0 fully saturated rings. The number of carboxylic acid groups (broad SMARTS) is 1. The zero-order valence-corrected chi connectivity index (χ0v) is 15.2. The van der Waals surface area contributed by atoms with Gasteiger partial charge in [-0.05, 0) is 34.0 Å². The van der Waals surface area contributed by atoms with Gasteiger partial charge in [-0.15, -0.1) is 0 Å². The van der Waals surface area contributed by atoms with Gasteiger partial charge >= 0.3 is 12.1 Å². The zero-order chi connectivity index (χ0) is 21.0. The Labute approximate surface area is 165 Å². The van der Waals surface area contributed by atoms with E-state index in [9.17, 15) is 27.9 Å². The van der Waals surface area contributed by atoms with E-state index in [1.54, 1.807) is 6.07 Å². The van der Waals surface area contributed by atoms with Crippen molar-refractivity contribution in [2.75, 3.05) is 0 Å². The number of fused-ring (bicyclic) bond motifs is 1. The van der Waals surface area contributed by atoms with Gasteiger partial charge in [0, 0.05) is 6.42 Å². The number of nitrogens with one attached hydrogen (secondary N) is 1. The molecule has 3 aromatic rings. The van der Waals surface area contributed by atoms with Crippen LogP contribution < -0.4 is 5.32 Å². The third-order valence-corrected chi connectivity index (χ3v) is 4.53. The maximum Gasteiger partial charge on any atom is 0.416 e. The van der Waals surface area contributed by atoms with Gasteiger partial charge in [0.2, 0.25) is 5.91 Å². The summed E-state index contributed by atoms with van der Waals surface area (Å²) < 4.78 is 37.8. The highest BCUT2D eigenvalue weighted by Gasteiger charge is 2.30. The number of carboxylic acids is 1. The maximum atomic E-state index is 12.6. The van der Waals surface area contributed by atoms with Crippen molar-refractivity contribution < 1.29 is 27.9 Å². The molecule has 4 nitrogen and oxygen atoms in total. The fourth-order valence-electron chi connectivity index (χ4n) is 3.04.